The fourth-order valence-corrected chi connectivity index (χ4v) is 4.17. The monoisotopic (exact) mass is 429 g/mol. The highest BCUT2D eigenvalue weighted by molar-refractivity contribution is 5.69. The second kappa shape index (κ2) is 8.42. The molecule has 0 saturated heterocycles. The molecule has 3 heterocycles. The number of rotatable bonds is 5. The molecule has 0 unspecified atom stereocenters. The van der Waals surface area contributed by atoms with Gasteiger partial charge in [-0.05, 0) is 61.2 Å². The number of halogens is 1. The van der Waals surface area contributed by atoms with Crippen molar-refractivity contribution in [2.75, 3.05) is 7.11 Å². The van der Waals surface area contributed by atoms with Crippen LogP contribution in [0.5, 0.6) is 5.75 Å². The van der Waals surface area contributed by atoms with E-state index in [4.69, 9.17) is 14.8 Å². The fraction of sp³-hybridized carbons (Fsp3) is 0.240. The van der Waals surface area contributed by atoms with Gasteiger partial charge in [0, 0.05) is 12.6 Å². The number of nitrogens with zero attached hydrogens (tertiary/aromatic N) is 5. The number of hydrogen-bond donors (Lipinski definition) is 0. The fourth-order valence-electron chi connectivity index (χ4n) is 4.17. The minimum absolute atomic E-state index is 0.0898. The lowest BCUT2D eigenvalue weighted by molar-refractivity contribution is 0.411. The lowest BCUT2D eigenvalue weighted by Crippen LogP contribution is -2.20. The molecule has 0 spiro atoms. The van der Waals surface area contributed by atoms with Crippen LogP contribution in [-0.2, 0) is 6.42 Å². The Labute approximate surface area is 186 Å². The summed E-state index contributed by atoms with van der Waals surface area (Å²) in [5.74, 6) is 2.17. The van der Waals surface area contributed by atoms with Crippen LogP contribution in [-0.4, -0.2) is 31.4 Å². The summed E-state index contributed by atoms with van der Waals surface area (Å²) in [7, 11) is 1.66. The molecule has 0 radical (unpaired) electrons. The van der Waals surface area contributed by atoms with Crippen molar-refractivity contribution in [1.29, 1.82) is 0 Å². The van der Waals surface area contributed by atoms with E-state index in [1.807, 2.05) is 64.9 Å². The summed E-state index contributed by atoms with van der Waals surface area (Å²) in [5, 5.41) is 4.74. The van der Waals surface area contributed by atoms with Crippen LogP contribution < -0.4 is 4.74 Å². The lowest BCUT2D eigenvalue weighted by Gasteiger charge is -2.23. The van der Waals surface area contributed by atoms with Gasteiger partial charge in [0.2, 0.25) is 0 Å². The topological polar surface area (TPSA) is 57.8 Å². The van der Waals surface area contributed by atoms with Gasteiger partial charge in [-0.3, -0.25) is 0 Å². The summed E-state index contributed by atoms with van der Waals surface area (Å²) in [4.78, 5) is 9.00. The molecule has 0 saturated carbocycles. The molecule has 0 bridgehead atoms. The Hall–Kier alpha value is -3.74. The number of imidazole rings is 1. The molecule has 4 aromatic rings. The van der Waals surface area contributed by atoms with E-state index in [9.17, 15) is 4.39 Å². The van der Waals surface area contributed by atoms with Crippen LogP contribution in [0.1, 0.15) is 47.4 Å². The van der Waals surface area contributed by atoms with Crippen molar-refractivity contribution in [3.8, 4) is 11.4 Å². The second-order valence-electron chi connectivity index (χ2n) is 7.98. The third kappa shape index (κ3) is 3.93. The van der Waals surface area contributed by atoms with Crippen molar-refractivity contribution >= 4 is 12.2 Å². The predicted molar refractivity (Wildman–Crippen MR) is 121 cm³/mol. The quantitative estimate of drug-likeness (QED) is 0.447. The molecule has 1 atom stereocenters. The molecule has 1 aliphatic rings. The molecule has 162 valence electrons. The zero-order chi connectivity index (χ0) is 22.1. The molecule has 2 aromatic carbocycles. The molecular formula is C25H24FN5O. The van der Waals surface area contributed by atoms with E-state index in [-0.39, 0.29) is 11.9 Å². The van der Waals surface area contributed by atoms with Gasteiger partial charge >= 0.3 is 0 Å². The summed E-state index contributed by atoms with van der Waals surface area (Å²) in [6, 6.07) is 12.8. The number of hydrogen-bond acceptors (Lipinski definition) is 4. The SMILES string of the molecule is COc1cc(C=Cc2nc3n(n2)[C@@H](c2ccc(F)cc2)CCC3)ccc1-n1cnc(C)c1. The molecule has 1 aliphatic heterocycles. The number of methoxy groups -OCH3 is 1. The van der Waals surface area contributed by atoms with Gasteiger partial charge in [-0.25, -0.2) is 19.0 Å². The minimum Gasteiger partial charge on any atom is -0.495 e. The first-order chi connectivity index (χ1) is 15.6. The number of ether oxygens (including phenoxy) is 1. The van der Waals surface area contributed by atoms with Crippen molar-refractivity contribution < 1.29 is 9.13 Å². The average Bonchev–Trinajstić information content (AvgIpc) is 3.43. The van der Waals surface area contributed by atoms with Crippen molar-refractivity contribution in [3.05, 3.63) is 89.3 Å². The molecule has 0 fully saturated rings. The largest absolute Gasteiger partial charge is 0.495 e. The molecule has 0 aliphatic carbocycles. The van der Waals surface area contributed by atoms with Gasteiger partial charge in [0.25, 0.3) is 0 Å². The van der Waals surface area contributed by atoms with E-state index in [1.165, 1.54) is 12.1 Å². The first kappa shape index (κ1) is 20.2. The van der Waals surface area contributed by atoms with E-state index < -0.39 is 0 Å². The Balaban J connectivity index is 1.40. The number of fused-ring (bicyclic) bond motifs is 1. The second-order valence-corrected chi connectivity index (χ2v) is 7.98. The third-order valence-corrected chi connectivity index (χ3v) is 5.76. The van der Waals surface area contributed by atoms with Gasteiger partial charge in [0.1, 0.15) is 17.4 Å². The van der Waals surface area contributed by atoms with Gasteiger partial charge in [0.05, 0.1) is 30.9 Å². The zero-order valence-electron chi connectivity index (χ0n) is 18.1. The zero-order valence-corrected chi connectivity index (χ0v) is 18.1. The van der Waals surface area contributed by atoms with E-state index in [0.717, 1.165) is 53.3 Å². The van der Waals surface area contributed by atoms with E-state index >= 15 is 0 Å². The maximum Gasteiger partial charge on any atom is 0.174 e. The Morgan fingerprint density at radius 2 is 1.97 bits per heavy atom. The smallest absolute Gasteiger partial charge is 0.174 e. The summed E-state index contributed by atoms with van der Waals surface area (Å²) in [5.41, 5.74) is 3.93. The summed E-state index contributed by atoms with van der Waals surface area (Å²) < 4.78 is 22.9. The molecule has 2 aromatic heterocycles. The van der Waals surface area contributed by atoms with Gasteiger partial charge in [-0.2, -0.15) is 5.10 Å². The highest BCUT2D eigenvalue weighted by Gasteiger charge is 2.24. The third-order valence-electron chi connectivity index (χ3n) is 5.76. The lowest BCUT2D eigenvalue weighted by atomic mass is 9.98. The first-order valence-electron chi connectivity index (χ1n) is 10.7. The maximum atomic E-state index is 13.3. The van der Waals surface area contributed by atoms with Crippen LogP contribution in [0.25, 0.3) is 17.8 Å². The molecule has 5 rings (SSSR count). The molecule has 0 amide bonds. The normalized spacial score (nSPS) is 15.8. The van der Waals surface area contributed by atoms with Crippen molar-refractivity contribution in [3.63, 3.8) is 0 Å². The highest BCUT2D eigenvalue weighted by Crippen LogP contribution is 2.30. The molecule has 0 N–H and O–H groups in total. The van der Waals surface area contributed by atoms with Gasteiger partial charge in [0.15, 0.2) is 5.82 Å². The van der Waals surface area contributed by atoms with E-state index in [2.05, 4.69) is 4.98 Å². The minimum atomic E-state index is -0.225. The Morgan fingerprint density at radius 3 is 2.72 bits per heavy atom. The van der Waals surface area contributed by atoms with Crippen LogP contribution in [0.3, 0.4) is 0 Å². The van der Waals surface area contributed by atoms with Crippen LogP contribution in [0.2, 0.25) is 0 Å². The van der Waals surface area contributed by atoms with Crippen LogP contribution >= 0.6 is 0 Å². The van der Waals surface area contributed by atoms with Crippen molar-refractivity contribution in [2.45, 2.75) is 32.2 Å². The van der Waals surface area contributed by atoms with Crippen LogP contribution in [0.15, 0.2) is 55.0 Å². The van der Waals surface area contributed by atoms with E-state index in [0.29, 0.717) is 5.82 Å². The number of aromatic nitrogens is 5. The summed E-state index contributed by atoms with van der Waals surface area (Å²) >= 11 is 0. The average molecular weight is 429 g/mol. The predicted octanol–water partition coefficient (Wildman–Crippen LogP) is 5.02. The van der Waals surface area contributed by atoms with Crippen molar-refractivity contribution in [1.82, 2.24) is 24.3 Å². The summed E-state index contributed by atoms with van der Waals surface area (Å²) in [6.07, 6.45) is 10.5. The standard InChI is InChI=1S/C25H24FN5O/c1-17-15-30(16-27-17)22-12-6-18(14-23(22)32-2)7-13-24-28-25-5-3-4-21(31(25)29-24)19-8-10-20(26)11-9-19/h6-16,21H,3-5H2,1-2H3/t21-/m1/s1. The Morgan fingerprint density at radius 1 is 1.12 bits per heavy atom. The van der Waals surface area contributed by atoms with Gasteiger partial charge < -0.3 is 9.30 Å². The highest BCUT2D eigenvalue weighted by atomic mass is 19.1. The number of aryl methyl sites for hydroxylation is 2. The molecular weight excluding hydrogens is 405 g/mol. The van der Waals surface area contributed by atoms with E-state index in [1.54, 1.807) is 13.4 Å². The Bertz CT molecular complexity index is 1270. The van der Waals surface area contributed by atoms with Crippen LogP contribution in [0.4, 0.5) is 4.39 Å². The molecule has 7 heteroatoms. The van der Waals surface area contributed by atoms with Crippen molar-refractivity contribution in [2.24, 2.45) is 0 Å². The summed E-state index contributed by atoms with van der Waals surface area (Å²) in [6.45, 7) is 1.96. The van der Waals surface area contributed by atoms with Gasteiger partial charge in [-0.15, -0.1) is 0 Å². The Kier molecular flexibility index (Phi) is 5.31. The van der Waals surface area contributed by atoms with Gasteiger partial charge in [-0.1, -0.05) is 24.3 Å². The molecule has 6 nitrogen and oxygen atoms in total. The first-order valence-corrected chi connectivity index (χ1v) is 10.7. The molecule has 32 heavy (non-hydrogen) atoms. The number of benzene rings is 2. The maximum absolute atomic E-state index is 13.3. The van der Waals surface area contributed by atoms with Crippen LogP contribution in [0, 0.1) is 12.7 Å².